The number of pyridine rings is 1. The van der Waals surface area contributed by atoms with Crippen molar-refractivity contribution in [3.63, 3.8) is 0 Å². The number of benzene rings is 1. The Bertz CT molecular complexity index is 668. The van der Waals surface area contributed by atoms with Crippen LogP contribution in [0.15, 0.2) is 48.8 Å². The molecule has 0 radical (unpaired) electrons. The Morgan fingerprint density at radius 2 is 1.88 bits per heavy atom. The molecule has 2 heterocycles. The van der Waals surface area contributed by atoms with E-state index in [-0.39, 0.29) is 0 Å². The summed E-state index contributed by atoms with van der Waals surface area (Å²) in [6.07, 6.45) is 3.70. The number of halogens is 1. The minimum atomic E-state index is 0.751. The topological polar surface area (TPSA) is 17.8 Å². The van der Waals surface area contributed by atoms with Crippen LogP contribution < -0.4 is 0 Å². The maximum Gasteiger partial charge on any atom is 0.0714 e. The Morgan fingerprint density at radius 1 is 1.12 bits per heavy atom. The molecule has 0 amide bonds. The van der Waals surface area contributed by atoms with Gasteiger partial charge in [0.15, 0.2) is 0 Å². The predicted octanol–water partition coefficient (Wildman–Crippen LogP) is 3.99. The van der Waals surface area contributed by atoms with E-state index in [0.717, 1.165) is 16.2 Å². The van der Waals surface area contributed by atoms with Gasteiger partial charge in [-0.3, -0.25) is 4.98 Å². The lowest BCUT2D eigenvalue weighted by Crippen LogP contribution is -1.95. The summed E-state index contributed by atoms with van der Waals surface area (Å²) >= 11 is 5.91. The number of hydrogen-bond acceptors (Lipinski definition) is 1. The molecule has 1 aromatic carbocycles. The van der Waals surface area contributed by atoms with Crippen molar-refractivity contribution >= 4 is 22.5 Å². The quantitative estimate of drug-likeness (QED) is 0.631. The lowest BCUT2D eigenvalue weighted by atomic mass is 10.3. The SMILES string of the molecule is Cc1cc2ccncc2n1-c1ccc(Cl)cc1. The number of aryl methyl sites for hydroxylation is 1. The van der Waals surface area contributed by atoms with Crippen molar-refractivity contribution in [2.75, 3.05) is 0 Å². The van der Waals surface area contributed by atoms with Crippen molar-refractivity contribution in [2.24, 2.45) is 0 Å². The van der Waals surface area contributed by atoms with Gasteiger partial charge in [0.1, 0.15) is 0 Å². The monoisotopic (exact) mass is 242 g/mol. The fourth-order valence-corrected chi connectivity index (χ4v) is 2.24. The van der Waals surface area contributed by atoms with Crippen LogP contribution in [0.3, 0.4) is 0 Å². The van der Waals surface area contributed by atoms with E-state index in [1.807, 2.05) is 42.7 Å². The van der Waals surface area contributed by atoms with Crippen LogP contribution in [0.1, 0.15) is 5.69 Å². The Balaban J connectivity index is 2.29. The lowest BCUT2D eigenvalue weighted by Gasteiger charge is -2.07. The van der Waals surface area contributed by atoms with Crippen LogP contribution in [-0.4, -0.2) is 9.55 Å². The van der Waals surface area contributed by atoms with E-state index in [1.54, 1.807) is 0 Å². The Hall–Kier alpha value is -1.80. The highest BCUT2D eigenvalue weighted by atomic mass is 35.5. The zero-order valence-corrected chi connectivity index (χ0v) is 10.1. The average molecular weight is 243 g/mol. The van der Waals surface area contributed by atoms with Gasteiger partial charge in [0, 0.05) is 28.0 Å². The molecule has 0 saturated carbocycles. The highest BCUT2D eigenvalue weighted by Crippen LogP contribution is 2.23. The van der Waals surface area contributed by atoms with E-state index in [4.69, 9.17) is 11.6 Å². The molecule has 0 bridgehead atoms. The molecule has 3 heteroatoms. The Labute approximate surface area is 104 Å². The summed E-state index contributed by atoms with van der Waals surface area (Å²) in [6.45, 7) is 2.09. The first-order valence-electron chi connectivity index (χ1n) is 5.44. The zero-order valence-electron chi connectivity index (χ0n) is 9.39. The summed E-state index contributed by atoms with van der Waals surface area (Å²) in [5, 5.41) is 1.95. The number of fused-ring (bicyclic) bond motifs is 1. The van der Waals surface area contributed by atoms with E-state index < -0.39 is 0 Å². The van der Waals surface area contributed by atoms with E-state index >= 15 is 0 Å². The van der Waals surface area contributed by atoms with Crippen LogP contribution in [0.5, 0.6) is 0 Å². The number of hydrogen-bond donors (Lipinski definition) is 0. The lowest BCUT2D eigenvalue weighted by molar-refractivity contribution is 1.05. The molecule has 0 aliphatic heterocycles. The molecule has 0 aliphatic carbocycles. The zero-order chi connectivity index (χ0) is 11.8. The molecule has 2 nitrogen and oxygen atoms in total. The third-order valence-electron chi connectivity index (χ3n) is 2.88. The van der Waals surface area contributed by atoms with Crippen LogP contribution in [0, 0.1) is 6.92 Å². The maximum absolute atomic E-state index is 5.91. The highest BCUT2D eigenvalue weighted by Gasteiger charge is 2.06. The largest absolute Gasteiger partial charge is 0.312 e. The minimum absolute atomic E-state index is 0.751. The summed E-state index contributed by atoms with van der Waals surface area (Å²) in [5.41, 5.74) is 3.41. The molecule has 17 heavy (non-hydrogen) atoms. The second-order valence-corrected chi connectivity index (χ2v) is 4.47. The third kappa shape index (κ3) is 1.71. The second-order valence-electron chi connectivity index (χ2n) is 4.03. The average Bonchev–Trinajstić information content (AvgIpc) is 2.66. The van der Waals surface area contributed by atoms with Crippen LogP contribution in [0.4, 0.5) is 0 Å². The van der Waals surface area contributed by atoms with Gasteiger partial charge < -0.3 is 4.57 Å². The molecule has 3 aromatic rings. The van der Waals surface area contributed by atoms with E-state index in [9.17, 15) is 0 Å². The Kier molecular flexibility index (Phi) is 2.37. The fraction of sp³-hybridized carbons (Fsp3) is 0.0714. The first kappa shape index (κ1) is 10.4. The molecule has 3 rings (SSSR count). The van der Waals surface area contributed by atoms with Gasteiger partial charge in [-0.15, -0.1) is 0 Å². The number of rotatable bonds is 1. The van der Waals surface area contributed by atoms with Gasteiger partial charge in [0.05, 0.1) is 11.7 Å². The van der Waals surface area contributed by atoms with Gasteiger partial charge >= 0.3 is 0 Å². The Morgan fingerprint density at radius 3 is 2.65 bits per heavy atom. The van der Waals surface area contributed by atoms with Crippen LogP contribution in [0.2, 0.25) is 5.02 Å². The highest BCUT2D eigenvalue weighted by molar-refractivity contribution is 6.30. The first-order chi connectivity index (χ1) is 8.25. The molecule has 0 spiro atoms. The predicted molar refractivity (Wildman–Crippen MR) is 70.8 cm³/mol. The minimum Gasteiger partial charge on any atom is -0.312 e. The van der Waals surface area contributed by atoms with Crippen LogP contribution in [-0.2, 0) is 0 Å². The van der Waals surface area contributed by atoms with Crippen molar-refractivity contribution in [3.8, 4) is 5.69 Å². The maximum atomic E-state index is 5.91. The normalized spacial score (nSPS) is 10.9. The second kappa shape index (κ2) is 3.90. The number of nitrogens with zero attached hydrogens (tertiary/aromatic N) is 2. The molecule has 0 fully saturated rings. The molecule has 0 saturated heterocycles. The van der Waals surface area contributed by atoms with Crippen LogP contribution >= 0.6 is 11.6 Å². The summed E-state index contributed by atoms with van der Waals surface area (Å²) in [6, 6.07) is 12.0. The van der Waals surface area contributed by atoms with Gasteiger partial charge in [0.25, 0.3) is 0 Å². The molecule has 0 aliphatic rings. The van der Waals surface area contributed by atoms with E-state index in [1.165, 1.54) is 11.1 Å². The molecule has 84 valence electrons. The van der Waals surface area contributed by atoms with Crippen molar-refractivity contribution in [1.82, 2.24) is 9.55 Å². The molecule has 0 unspecified atom stereocenters. The van der Waals surface area contributed by atoms with Gasteiger partial charge in [0.2, 0.25) is 0 Å². The third-order valence-corrected chi connectivity index (χ3v) is 3.13. The van der Waals surface area contributed by atoms with Crippen molar-refractivity contribution in [3.05, 3.63) is 59.5 Å². The molecule has 0 N–H and O–H groups in total. The standard InChI is InChI=1S/C14H11ClN2/c1-10-8-11-6-7-16-9-14(11)17(10)13-4-2-12(15)3-5-13/h2-9H,1H3. The molecule has 0 atom stereocenters. The first-order valence-corrected chi connectivity index (χ1v) is 5.81. The molecular formula is C14H11ClN2. The molecular weight excluding hydrogens is 232 g/mol. The van der Waals surface area contributed by atoms with Crippen molar-refractivity contribution in [2.45, 2.75) is 6.92 Å². The van der Waals surface area contributed by atoms with Gasteiger partial charge in [-0.1, -0.05) is 11.6 Å². The fourth-order valence-electron chi connectivity index (χ4n) is 2.12. The molecule has 2 aromatic heterocycles. The number of aromatic nitrogens is 2. The van der Waals surface area contributed by atoms with Gasteiger partial charge in [-0.2, -0.15) is 0 Å². The van der Waals surface area contributed by atoms with Crippen LogP contribution in [0.25, 0.3) is 16.6 Å². The van der Waals surface area contributed by atoms with Crippen molar-refractivity contribution < 1.29 is 0 Å². The van der Waals surface area contributed by atoms with E-state index in [2.05, 4.69) is 22.5 Å². The summed E-state index contributed by atoms with van der Waals surface area (Å²) in [4.78, 5) is 4.18. The van der Waals surface area contributed by atoms with E-state index in [0.29, 0.717) is 0 Å². The van der Waals surface area contributed by atoms with Gasteiger partial charge in [-0.05, 0) is 43.3 Å². The summed E-state index contributed by atoms with van der Waals surface area (Å²) < 4.78 is 2.18. The summed E-state index contributed by atoms with van der Waals surface area (Å²) in [5.74, 6) is 0. The smallest absolute Gasteiger partial charge is 0.0714 e. The summed E-state index contributed by atoms with van der Waals surface area (Å²) in [7, 11) is 0. The van der Waals surface area contributed by atoms with Gasteiger partial charge in [-0.25, -0.2) is 0 Å². The van der Waals surface area contributed by atoms with Crippen molar-refractivity contribution in [1.29, 1.82) is 0 Å².